The van der Waals surface area contributed by atoms with Gasteiger partial charge in [-0.15, -0.1) is 0 Å². The monoisotopic (exact) mass is 364 g/mol. The molecular formula is C15H16N4O5S. The second kappa shape index (κ2) is 8.29. The minimum absolute atomic E-state index is 0.0172. The van der Waals surface area contributed by atoms with Crippen molar-refractivity contribution in [3.05, 3.63) is 35.3 Å². The van der Waals surface area contributed by atoms with Crippen LogP contribution in [0.3, 0.4) is 0 Å². The van der Waals surface area contributed by atoms with E-state index in [2.05, 4.69) is 15.3 Å². The molecule has 10 heteroatoms. The second-order valence-corrected chi connectivity index (χ2v) is 5.63. The molecule has 0 saturated heterocycles. The van der Waals surface area contributed by atoms with E-state index in [4.69, 9.17) is 14.9 Å². The van der Waals surface area contributed by atoms with Crippen LogP contribution < -0.4 is 11.1 Å². The van der Waals surface area contributed by atoms with Crippen molar-refractivity contribution in [2.24, 2.45) is 5.73 Å². The van der Waals surface area contributed by atoms with Gasteiger partial charge >= 0.3 is 5.97 Å². The fourth-order valence-corrected chi connectivity index (χ4v) is 2.57. The number of aromatic nitrogens is 2. The predicted octanol–water partition coefficient (Wildman–Crippen LogP) is 1.38. The average Bonchev–Trinajstić information content (AvgIpc) is 2.90. The number of carbonyl (C=O) groups excluding carboxylic acids is 3. The number of nitrogens with two attached hydrogens (primary N) is 1. The second-order valence-electron chi connectivity index (χ2n) is 4.69. The van der Waals surface area contributed by atoms with Crippen molar-refractivity contribution in [1.82, 2.24) is 9.97 Å². The highest BCUT2D eigenvalue weighted by atomic mass is 32.2. The first kappa shape index (κ1) is 18.5. The standard InChI is InChI=1S/C15H16N4O5S/c1-3-23-14(22)10-8(2)24-13(11(10)12(16)21)19-9(20)7-25-15-17-5-4-6-18-15/h4-6H,3,7H2,1-2H3,(H2,16,21)(H,19,20). The van der Waals surface area contributed by atoms with Crippen LogP contribution in [0.2, 0.25) is 0 Å². The number of ether oxygens (including phenoxy) is 1. The van der Waals surface area contributed by atoms with E-state index >= 15 is 0 Å². The molecule has 132 valence electrons. The first-order chi connectivity index (χ1) is 11.9. The SMILES string of the molecule is CCOC(=O)c1c(C)oc(NC(=O)CSc2ncccn2)c1C(N)=O. The van der Waals surface area contributed by atoms with Gasteiger partial charge in [0.15, 0.2) is 5.16 Å². The van der Waals surface area contributed by atoms with E-state index in [0.717, 1.165) is 11.8 Å². The third-order valence-electron chi connectivity index (χ3n) is 2.94. The van der Waals surface area contributed by atoms with Crippen molar-refractivity contribution in [1.29, 1.82) is 0 Å². The molecule has 0 bridgehead atoms. The number of rotatable bonds is 7. The average molecular weight is 364 g/mol. The number of hydrogen-bond donors (Lipinski definition) is 2. The molecule has 0 fully saturated rings. The molecule has 2 aromatic heterocycles. The van der Waals surface area contributed by atoms with Crippen LogP contribution in [0.15, 0.2) is 28.0 Å². The minimum Gasteiger partial charge on any atom is -0.462 e. The maximum atomic E-state index is 12.1. The van der Waals surface area contributed by atoms with Crippen molar-refractivity contribution in [3.63, 3.8) is 0 Å². The van der Waals surface area contributed by atoms with E-state index in [1.807, 2.05) is 0 Å². The van der Waals surface area contributed by atoms with E-state index in [0.29, 0.717) is 5.16 Å². The number of hydrogen-bond acceptors (Lipinski definition) is 8. The Morgan fingerprint density at radius 2 is 1.96 bits per heavy atom. The lowest BCUT2D eigenvalue weighted by Gasteiger charge is -2.04. The first-order valence-electron chi connectivity index (χ1n) is 7.24. The maximum absolute atomic E-state index is 12.1. The quantitative estimate of drug-likeness (QED) is 0.427. The summed E-state index contributed by atoms with van der Waals surface area (Å²) in [6, 6.07) is 1.66. The van der Waals surface area contributed by atoms with E-state index in [1.54, 1.807) is 25.4 Å². The molecule has 9 nitrogen and oxygen atoms in total. The van der Waals surface area contributed by atoms with Crippen LogP contribution >= 0.6 is 11.8 Å². The summed E-state index contributed by atoms with van der Waals surface area (Å²) in [5.41, 5.74) is 5.01. The van der Waals surface area contributed by atoms with Crippen LogP contribution in [0, 0.1) is 6.92 Å². The Bertz CT molecular complexity index is 791. The van der Waals surface area contributed by atoms with Crippen LogP contribution in [0.5, 0.6) is 0 Å². The topological polar surface area (TPSA) is 137 Å². The van der Waals surface area contributed by atoms with Crippen LogP contribution in [-0.2, 0) is 9.53 Å². The molecule has 0 aliphatic rings. The Hall–Kier alpha value is -2.88. The number of nitrogens with zero attached hydrogens (tertiary/aromatic N) is 2. The van der Waals surface area contributed by atoms with Crippen molar-refractivity contribution >= 4 is 35.4 Å². The van der Waals surface area contributed by atoms with Crippen molar-refractivity contribution in [2.45, 2.75) is 19.0 Å². The lowest BCUT2D eigenvalue weighted by molar-refractivity contribution is -0.113. The molecule has 0 aromatic carbocycles. The van der Waals surface area contributed by atoms with Crippen LogP contribution in [0.25, 0.3) is 0 Å². The number of thioether (sulfide) groups is 1. The molecule has 2 amide bonds. The largest absolute Gasteiger partial charge is 0.462 e. The molecular weight excluding hydrogens is 348 g/mol. The van der Waals surface area contributed by atoms with Crippen molar-refractivity contribution in [3.8, 4) is 0 Å². The summed E-state index contributed by atoms with van der Waals surface area (Å²) >= 11 is 1.10. The normalized spacial score (nSPS) is 10.3. The highest BCUT2D eigenvalue weighted by Crippen LogP contribution is 2.28. The van der Waals surface area contributed by atoms with Gasteiger partial charge in [-0.25, -0.2) is 14.8 Å². The zero-order chi connectivity index (χ0) is 18.4. The van der Waals surface area contributed by atoms with Gasteiger partial charge in [-0.1, -0.05) is 11.8 Å². The van der Waals surface area contributed by atoms with E-state index < -0.39 is 17.8 Å². The van der Waals surface area contributed by atoms with Gasteiger partial charge in [-0.2, -0.15) is 0 Å². The molecule has 2 heterocycles. The summed E-state index contributed by atoms with van der Waals surface area (Å²) in [5, 5.41) is 2.86. The Kier molecular flexibility index (Phi) is 6.12. The third kappa shape index (κ3) is 4.57. The van der Waals surface area contributed by atoms with Gasteiger partial charge in [0, 0.05) is 12.4 Å². The molecule has 0 radical (unpaired) electrons. The fraction of sp³-hybridized carbons (Fsp3) is 0.267. The Morgan fingerprint density at radius 1 is 1.28 bits per heavy atom. The lowest BCUT2D eigenvalue weighted by Crippen LogP contribution is -2.21. The molecule has 0 saturated carbocycles. The Labute approximate surface area is 147 Å². The third-order valence-corrected chi connectivity index (χ3v) is 3.81. The highest BCUT2D eigenvalue weighted by molar-refractivity contribution is 7.99. The zero-order valence-electron chi connectivity index (χ0n) is 13.6. The Morgan fingerprint density at radius 3 is 2.56 bits per heavy atom. The van der Waals surface area contributed by atoms with Gasteiger partial charge in [0.25, 0.3) is 5.91 Å². The summed E-state index contributed by atoms with van der Waals surface area (Å²) in [5.74, 6) is -2.20. The summed E-state index contributed by atoms with van der Waals surface area (Å²) in [6.45, 7) is 3.22. The maximum Gasteiger partial charge on any atom is 0.342 e. The van der Waals surface area contributed by atoms with Crippen molar-refractivity contribution < 1.29 is 23.5 Å². The van der Waals surface area contributed by atoms with Gasteiger partial charge in [-0.3, -0.25) is 14.9 Å². The molecule has 0 aliphatic heterocycles. The van der Waals surface area contributed by atoms with Gasteiger partial charge in [0.2, 0.25) is 11.8 Å². The number of aryl methyl sites for hydroxylation is 1. The minimum atomic E-state index is -0.908. The molecule has 0 aliphatic carbocycles. The van der Waals surface area contributed by atoms with Crippen LogP contribution in [0.1, 0.15) is 33.4 Å². The van der Waals surface area contributed by atoms with Crippen LogP contribution in [0.4, 0.5) is 5.88 Å². The number of anilines is 1. The van der Waals surface area contributed by atoms with Crippen molar-refractivity contribution in [2.75, 3.05) is 17.7 Å². The molecule has 2 rings (SSSR count). The summed E-state index contributed by atoms with van der Waals surface area (Å²) in [6.07, 6.45) is 3.11. The van der Waals surface area contributed by atoms with E-state index in [9.17, 15) is 14.4 Å². The summed E-state index contributed by atoms with van der Waals surface area (Å²) in [4.78, 5) is 43.7. The lowest BCUT2D eigenvalue weighted by atomic mass is 10.1. The highest BCUT2D eigenvalue weighted by Gasteiger charge is 2.29. The first-order valence-corrected chi connectivity index (χ1v) is 8.22. The van der Waals surface area contributed by atoms with Gasteiger partial charge in [0.05, 0.1) is 12.4 Å². The summed E-state index contributed by atoms with van der Waals surface area (Å²) in [7, 11) is 0. The number of carbonyl (C=O) groups is 3. The Balaban J connectivity index is 2.15. The molecule has 2 aromatic rings. The summed E-state index contributed by atoms with van der Waals surface area (Å²) < 4.78 is 10.2. The molecule has 0 unspecified atom stereocenters. The molecule has 3 N–H and O–H groups in total. The number of nitrogens with one attached hydrogen (secondary N) is 1. The van der Waals surface area contributed by atoms with Gasteiger partial charge in [0.1, 0.15) is 16.9 Å². The van der Waals surface area contributed by atoms with Crippen LogP contribution in [-0.4, -0.2) is 40.1 Å². The molecule has 0 spiro atoms. The smallest absolute Gasteiger partial charge is 0.342 e. The molecule has 0 atom stereocenters. The zero-order valence-corrected chi connectivity index (χ0v) is 14.4. The number of primary amides is 1. The predicted molar refractivity (Wildman–Crippen MR) is 89.3 cm³/mol. The molecule has 25 heavy (non-hydrogen) atoms. The number of amides is 2. The fourth-order valence-electron chi connectivity index (χ4n) is 1.97. The number of furan rings is 1. The van der Waals surface area contributed by atoms with Gasteiger partial charge in [-0.05, 0) is 19.9 Å². The van der Waals surface area contributed by atoms with E-state index in [-0.39, 0.29) is 35.1 Å². The van der Waals surface area contributed by atoms with E-state index in [1.165, 1.54) is 6.92 Å². The number of esters is 1. The van der Waals surface area contributed by atoms with Gasteiger partial charge < -0.3 is 14.9 Å².